The molecule has 1 aromatic carbocycles. The normalized spacial score (nSPS) is 13.4. The number of rotatable bonds is 3. The lowest BCUT2D eigenvalue weighted by molar-refractivity contribution is -0.132. The van der Waals surface area contributed by atoms with Crippen molar-refractivity contribution in [2.45, 2.75) is 25.9 Å². The van der Waals surface area contributed by atoms with Crippen molar-refractivity contribution in [2.24, 2.45) is 5.73 Å². The molecule has 18 heavy (non-hydrogen) atoms. The molecule has 0 saturated heterocycles. The smallest absolute Gasteiger partial charge is 0.239 e. The highest BCUT2D eigenvalue weighted by atomic mass is 35.5. The molecule has 0 fully saturated rings. The minimum atomic E-state index is -0.668. The Hall–Kier alpha value is -1.20. The highest BCUT2D eigenvalue weighted by molar-refractivity contribution is 5.85. The van der Waals surface area contributed by atoms with E-state index in [0.717, 1.165) is 18.2 Å². The van der Waals surface area contributed by atoms with Crippen LogP contribution >= 0.6 is 12.4 Å². The number of nitrogens with two attached hydrogens (primary N) is 1. The van der Waals surface area contributed by atoms with Crippen molar-refractivity contribution < 1.29 is 13.6 Å². The molecule has 0 bridgehead atoms. The molecule has 1 rings (SSSR count). The molecule has 0 aliphatic rings. The maximum absolute atomic E-state index is 13.5. The van der Waals surface area contributed by atoms with E-state index in [1.165, 1.54) is 11.9 Å². The van der Waals surface area contributed by atoms with Crippen LogP contribution in [0.3, 0.4) is 0 Å². The van der Waals surface area contributed by atoms with Gasteiger partial charge >= 0.3 is 0 Å². The van der Waals surface area contributed by atoms with Crippen LogP contribution in [0.4, 0.5) is 8.78 Å². The van der Waals surface area contributed by atoms with Crippen molar-refractivity contribution in [3.63, 3.8) is 0 Å². The molecule has 0 radical (unpaired) electrons. The molecule has 2 N–H and O–H groups in total. The van der Waals surface area contributed by atoms with Crippen LogP contribution in [-0.2, 0) is 4.79 Å². The van der Waals surface area contributed by atoms with Crippen molar-refractivity contribution in [3.05, 3.63) is 35.4 Å². The number of carbonyl (C=O) groups excluding carboxylic acids is 1. The fraction of sp³-hybridized carbons (Fsp3) is 0.417. The summed E-state index contributed by atoms with van der Waals surface area (Å²) in [6.45, 7) is 3.17. The van der Waals surface area contributed by atoms with Crippen LogP contribution < -0.4 is 5.73 Å². The molecule has 102 valence electrons. The number of halogens is 3. The molecule has 2 atom stereocenters. The molecular formula is C12H17ClF2N2O. The zero-order chi connectivity index (χ0) is 13.2. The van der Waals surface area contributed by atoms with E-state index in [1.54, 1.807) is 13.8 Å². The van der Waals surface area contributed by atoms with E-state index in [2.05, 4.69) is 0 Å². The summed E-state index contributed by atoms with van der Waals surface area (Å²) < 4.78 is 26.5. The molecule has 1 amide bonds. The molecule has 3 nitrogen and oxygen atoms in total. The Morgan fingerprint density at radius 3 is 2.39 bits per heavy atom. The number of carbonyl (C=O) groups is 1. The first kappa shape index (κ1) is 16.8. The van der Waals surface area contributed by atoms with E-state index in [0.29, 0.717) is 0 Å². The van der Waals surface area contributed by atoms with Gasteiger partial charge in [0.15, 0.2) is 0 Å². The van der Waals surface area contributed by atoms with Crippen LogP contribution in [0.25, 0.3) is 0 Å². The van der Waals surface area contributed by atoms with Gasteiger partial charge in [0.2, 0.25) is 5.91 Å². The lowest BCUT2D eigenvalue weighted by Crippen LogP contribution is -2.41. The third kappa shape index (κ3) is 3.65. The number of likely N-dealkylation sites (N-methyl/N-ethyl adjacent to an activating group) is 1. The van der Waals surface area contributed by atoms with Gasteiger partial charge in [0, 0.05) is 12.6 Å². The van der Waals surface area contributed by atoms with Gasteiger partial charge in [0.1, 0.15) is 11.6 Å². The zero-order valence-electron chi connectivity index (χ0n) is 10.5. The highest BCUT2D eigenvalue weighted by Crippen LogP contribution is 2.23. The van der Waals surface area contributed by atoms with E-state index in [9.17, 15) is 13.6 Å². The Balaban J connectivity index is 0.00000289. The first-order chi connectivity index (χ1) is 7.84. The topological polar surface area (TPSA) is 46.3 Å². The molecule has 0 aliphatic heterocycles. The Morgan fingerprint density at radius 2 is 1.89 bits per heavy atom. The fourth-order valence-electron chi connectivity index (χ4n) is 1.56. The molecule has 6 heteroatoms. The number of amides is 1. The standard InChI is InChI=1S/C12H16F2N2O.ClH/c1-7(15)12(17)16(3)8(2)10-6-9(13)4-5-11(10)14;/h4-8H,15H2,1-3H3;1H/t7-,8?;/m0./s1. The minimum Gasteiger partial charge on any atom is -0.338 e. The van der Waals surface area contributed by atoms with Crippen LogP contribution in [0.2, 0.25) is 0 Å². The van der Waals surface area contributed by atoms with Crippen LogP contribution in [0.1, 0.15) is 25.5 Å². The van der Waals surface area contributed by atoms with E-state index >= 15 is 0 Å². The SMILES string of the molecule is CC(c1cc(F)ccc1F)N(C)C(=O)[C@H](C)N.Cl. The molecule has 0 heterocycles. The fourth-order valence-corrected chi connectivity index (χ4v) is 1.56. The van der Waals surface area contributed by atoms with Crippen LogP contribution in [0.5, 0.6) is 0 Å². The van der Waals surface area contributed by atoms with Gasteiger partial charge in [-0.2, -0.15) is 0 Å². The maximum Gasteiger partial charge on any atom is 0.239 e. The average Bonchev–Trinajstić information content (AvgIpc) is 2.29. The number of hydrogen-bond acceptors (Lipinski definition) is 2. The van der Waals surface area contributed by atoms with Crippen LogP contribution in [0, 0.1) is 11.6 Å². The Kier molecular flexibility index (Phi) is 6.21. The molecule has 0 spiro atoms. The van der Waals surface area contributed by atoms with Crippen molar-refractivity contribution >= 4 is 18.3 Å². The molecule has 0 aliphatic carbocycles. The summed E-state index contributed by atoms with van der Waals surface area (Å²) in [7, 11) is 1.51. The summed E-state index contributed by atoms with van der Waals surface area (Å²) in [6.07, 6.45) is 0. The lowest BCUT2D eigenvalue weighted by atomic mass is 10.1. The summed E-state index contributed by atoms with van der Waals surface area (Å²) in [4.78, 5) is 12.9. The second kappa shape index (κ2) is 6.66. The molecule has 1 aromatic rings. The summed E-state index contributed by atoms with van der Waals surface area (Å²) in [6, 6.07) is 1.94. The third-order valence-corrected chi connectivity index (χ3v) is 2.73. The molecule has 0 aromatic heterocycles. The Bertz CT molecular complexity index is 427. The van der Waals surface area contributed by atoms with E-state index in [4.69, 9.17) is 5.73 Å². The second-order valence-electron chi connectivity index (χ2n) is 4.08. The number of hydrogen-bond donors (Lipinski definition) is 1. The lowest BCUT2D eigenvalue weighted by Gasteiger charge is -2.27. The van der Waals surface area contributed by atoms with Crippen LogP contribution in [0.15, 0.2) is 18.2 Å². The first-order valence-corrected chi connectivity index (χ1v) is 5.31. The largest absolute Gasteiger partial charge is 0.338 e. The summed E-state index contributed by atoms with van der Waals surface area (Å²) in [5, 5.41) is 0. The van der Waals surface area contributed by atoms with Gasteiger partial charge in [-0.25, -0.2) is 8.78 Å². The first-order valence-electron chi connectivity index (χ1n) is 5.31. The molecule has 0 saturated carbocycles. The predicted molar refractivity (Wildman–Crippen MR) is 68.4 cm³/mol. The van der Waals surface area contributed by atoms with Gasteiger partial charge in [0.05, 0.1) is 12.1 Å². The molecule has 1 unspecified atom stereocenters. The second-order valence-corrected chi connectivity index (χ2v) is 4.08. The van der Waals surface area contributed by atoms with Gasteiger partial charge in [0.25, 0.3) is 0 Å². The highest BCUT2D eigenvalue weighted by Gasteiger charge is 2.22. The van der Waals surface area contributed by atoms with Crippen molar-refractivity contribution in [1.82, 2.24) is 4.90 Å². The Labute approximate surface area is 111 Å². The van der Waals surface area contributed by atoms with E-state index in [1.807, 2.05) is 0 Å². The van der Waals surface area contributed by atoms with Gasteiger partial charge < -0.3 is 10.6 Å². The Morgan fingerprint density at radius 1 is 1.33 bits per heavy atom. The van der Waals surface area contributed by atoms with Crippen molar-refractivity contribution in [3.8, 4) is 0 Å². The molecular weight excluding hydrogens is 262 g/mol. The minimum absolute atomic E-state index is 0. The summed E-state index contributed by atoms with van der Waals surface area (Å²) in [5.41, 5.74) is 5.60. The van der Waals surface area contributed by atoms with Gasteiger partial charge in [-0.1, -0.05) is 0 Å². The maximum atomic E-state index is 13.5. The van der Waals surface area contributed by atoms with Gasteiger partial charge in [-0.15, -0.1) is 12.4 Å². The van der Waals surface area contributed by atoms with E-state index in [-0.39, 0.29) is 23.9 Å². The van der Waals surface area contributed by atoms with Gasteiger partial charge in [-0.05, 0) is 32.0 Å². The zero-order valence-corrected chi connectivity index (χ0v) is 11.3. The van der Waals surface area contributed by atoms with Crippen molar-refractivity contribution in [2.75, 3.05) is 7.05 Å². The van der Waals surface area contributed by atoms with Crippen LogP contribution in [-0.4, -0.2) is 23.9 Å². The summed E-state index contributed by atoms with van der Waals surface area (Å²) >= 11 is 0. The van der Waals surface area contributed by atoms with Gasteiger partial charge in [-0.3, -0.25) is 4.79 Å². The third-order valence-electron chi connectivity index (χ3n) is 2.73. The predicted octanol–water partition coefficient (Wildman–Crippen LogP) is 2.25. The summed E-state index contributed by atoms with van der Waals surface area (Å²) in [5.74, 6) is -1.39. The quantitative estimate of drug-likeness (QED) is 0.922. The average molecular weight is 279 g/mol. The number of benzene rings is 1. The monoisotopic (exact) mass is 278 g/mol. The van der Waals surface area contributed by atoms with E-state index < -0.39 is 23.7 Å². The number of nitrogens with zero attached hydrogens (tertiary/aromatic N) is 1. The van der Waals surface area contributed by atoms with Crippen molar-refractivity contribution in [1.29, 1.82) is 0 Å².